The first-order chi connectivity index (χ1) is 8.34. The van der Waals surface area contributed by atoms with E-state index in [1.165, 1.54) is 0 Å². The van der Waals surface area contributed by atoms with Crippen LogP contribution in [0.3, 0.4) is 0 Å². The van der Waals surface area contributed by atoms with Gasteiger partial charge in [0.1, 0.15) is 11.5 Å². The molecule has 92 valence electrons. The van der Waals surface area contributed by atoms with Crippen LogP contribution in [0.2, 0.25) is 0 Å². The Balaban J connectivity index is 2.04. The lowest BCUT2D eigenvalue weighted by atomic mass is 9.84. The fourth-order valence-electron chi connectivity index (χ4n) is 2.60. The minimum absolute atomic E-state index is 0.0969. The predicted molar refractivity (Wildman–Crippen MR) is 63.6 cm³/mol. The molecule has 4 nitrogen and oxygen atoms in total. The number of morpholine rings is 1. The van der Waals surface area contributed by atoms with Crippen molar-refractivity contribution in [3.8, 4) is 11.5 Å². The van der Waals surface area contributed by atoms with Gasteiger partial charge in [-0.05, 0) is 18.2 Å². The molecule has 1 fully saturated rings. The average molecular weight is 235 g/mol. The van der Waals surface area contributed by atoms with Crippen molar-refractivity contribution in [2.45, 2.75) is 12.0 Å². The molecular formula is C13H17NO3. The molecule has 0 radical (unpaired) electrons. The molecule has 3 rings (SSSR count). The van der Waals surface area contributed by atoms with Crippen molar-refractivity contribution in [1.82, 2.24) is 5.32 Å². The van der Waals surface area contributed by atoms with E-state index in [0.29, 0.717) is 6.61 Å². The minimum Gasteiger partial charge on any atom is -0.497 e. The van der Waals surface area contributed by atoms with Crippen LogP contribution in [-0.2, 0) is 10.3 Å². The molecular weight excluding hydrogens is 218 g/mol. The Morgan fingerprint density at radius 1 is 1.35 bits per heavy atom. The van der Waals surface area contributed by atoms with Crippen LogP contribution in [0.1, 0.15) is 12.0 Å². The first kappa shape index (κ1) is 10.9. The van der Waals surface area contributed by atoms with Crippen molar-refractivity contribution in [3.05, 3.63) is 23.8 Å². The Bertz CT molecular complexity index is 413. The van der Waals surface area contributed by atoms with Crippen molar-refractivity contribution in [3.63, 3.8) is 0 Å². The highest BCUT2D eigenvalue weighted by atomic mass is 16.5. The number of nitrogens with one attached hydrogen (secondary N) is 1. The lowest BCUT2D eigenvalue weighted by molar-refractivity contribution is 0.00553. The first-order valence-corrected chi connectivity index (χ1v) is 5.98. The molecule has 0 aromatic heterocycles. The van der Waals surface area contributed by atoms with E-state index < -0.39 is 0 Å². The third-order valence-electron chi connectivity index (χ3n) is 3.55. The summed E-state index contributed by atoms with van der Waals surface area (Å²) < 4.78 is 16.6. The van der Waals surface area contributed by atoms with Gasteiger partial charge >= 0.3 is 0 Å². The van der Waals surface area contributed by atoms with Gasteiger partial charge in [-0.3, -0.25) is 0 Å². The molecule has 0 aliphatic carbocycles. The number of methoxy groups -OCH3 is 1. The van der Waals surface area contributed by atoms with Crippen LogP contribution < -0.4 is 14.8 Å². The molecule has 1 aromatic rings. The molecule has 2 aliphatic heterocycles. The van der Waals surface area contributed by atoms with Gasteiger partial charge in [0.2, 0.25) is 0 Å². The van der Waals surface area contributed by atoms with E-state index in [-0.39, 0.29) is 5.54 Å². The van der Waals surface area contributed by atoms with E-state index in [0.717, 1.165) is 43.2 Å². The van der Waals surface area contributed by atoms with E-state index in [1.807, 2.05) is 12.1 Å². The maximum absolute atomic E-state index is 5.70. The number of fused-ring (bicyclic) bond motifs is 2. The molecule has 0 unspecified atom stereocenters. The van der Waals surface area contributed by atoms with Crippen molar-refractivity contribution < 1.29 is 14.2 Å². The van der Waals surface area contributed by atoms with Gasteiger partial charge in [-0.15, -0.1) is 0 Å². The standard InChI is InChI=1S/C13H17NO3/c1-15-10-2-3-12-11(8-10)13(4-6-17-12)9-16-7-5-14-13/h2-3,8,14H,4-7,9H2,1H3/t13-/m1/s1. The molecule has 1 N–H and O–H groups in total. The van der Waals surface area contributed by atoms with E-state index in [1.54, 1.807) is 7.11 Å². The van der Waals surface area contributed by atoms with Gasteiger partial charge in [-0.25, -0.2) is 0 Å². The summed E-state index contributed by atoms with van der Waals surface area (Å²) in [5.74, 6) is 1.80. The summed E-state index contributed by atoms with van der Waals surface area (Å²) in [6.07, 6.45) is 0.938. The molecule has 4 heteroatoms. The van der Waals surface area contributed by atoms with Gasteiger partial charge in [0.25, 0.3) is 0 Å². The Hall–Kier alpha value is -1.26. The number of benzene rings is 1. The lowest BCUT2D eigenvalue weighted by Gasteiger charge is -2.42. The summed E-state index contributed by atoms with van der Waals surface area (Å²) >= 11 is 0. The summed E-state index contributed by atoms with van der Waals surface area (Å²) in [4.78, 5) is 0. The molecule has 1 spiro atoms. The highest BCUT2D eigenvalue weighted by Gasteiger charge is 2.39. The van der Waals surface area contributed by atoms with Crippen molar-refractivity contribution in [1.29, 1.82) is 0 Å². The Labute approximate surface area is 101 Å². The highest BCUT2D eigenvalue weighted by Crippen LogP contribution is 2.40. The zero-order valence-corrected chi connectivity index (χ0v) is 9.99. The SMILES string of the molecule is COc1ccc2c(c1)[C@@]1(CCO2)COCCN1. The fraction of sp³-hybridized carbons (Fsp3) is 0.538. The summed E-state index contributed by atoms with van der Waals surface area (Å²) in [5.41, 5.74) is 1.06. The maximum atomic E-state index is 5.70. The molecule has 2 aliphatic rings. The largest absolute Gasteiger partial charge is 0.497 e. The highest BCUT2D eigenvalue weighted by molar-refractivity contribution is 5.46. The summed E-state index contributed by atoms with van der Waals surface area (Å²) in [5, 5.41) is 3.58. The normalized spacial score (nSPS) is 27.4. The van der Waals surface area contributed by atoms with Crippen LogP contribution in [0, 0.1) is 0 Å². The number of rotatable bonds is 1. The molecule has 0 saturated carbocycles. The Morgan fingerprint density at radius 2 is 2.29 bits per heavy atom. The van der Waals surface area contributed by atoms with Crippen molar-refractivity contribution in [2.75, 3.05) is 33.5 Å². The van der Waals surface area contributed by atoms with Gasteiger partial charge < -0.3 is 19.5 Å². The molecule has 1 atom stereocenters. The third kappa shape index (κ3) is 1.77. The van der Waals surface area contributed by atoms with Crippen molar-refractivity contribution in [2.24, 2.45) is 0 Å². The summed E-state index contributed by atoms with van der Waals surface area (Å²) in [6, 6.07) is 5.96. The summed E-state index contributed by atoms with van der Waals surface area (Å²) in [7, 11) is 1.68. The zero-order valence-electron chi connectivity index (χ0n) is 9.99. The second-order valence-electron chi connectivity index (χ2n) is 4.52. The van der Waals surface area contributed by atoms with Gasteiger partial charge in [-0.2, -0.15) is 0 Å². The van der Waals surface area contributed by atoms with Crippen LogP contribution in [-0.4, -0.2) is 33.5 Å². The molecule has 0 bridgehead atoms. The maximum Gasteiger partial charge on any atom is 0.124 e. The van der Waals surface area contributed by atoms with E-state index in [9.17, 15) is 0 Å². The monoisotopic (exact) mass is 235 g/mol. The molecule has 17 heavy (non-hydrogen) atoms. The molecule has 1 saturated heterocycles. The number of hydrogen-bond donors (Lipinski definition) is 1. The van der Waals surface area contributed by atoms with Crippen molar-refractivity contribution >= 4 is 0 Å². The van der Waals surface area contributed by atoms with Gasteiger partial charge in [0.15, 0.2) is 0 Å². The van der Waals surface area contributed by atoms with Crippen LogP contribution >= 0.6 is 0 Å². The topological polar surface area (TPSA) is 39.7 Å². The quantitative estimate of drug-likeness (QED) is 0.796. The molecule has 0 amide bonds. The average Bonchev–Trinajstić information content (AvgIpc) is 2.40. The van der Waals surface area contributed by atoms with Crippen LogP contribution in [0.4, 0.5) is 0 Å². The van der Waals surface area contributed by atoms with E-state index in [2.05, 4.69) is 11.4 Å². The van der Waals surface area contributed by atoms with Crippen LogP contribution in [0.25, 0.3) is 0 Å². The second kappa shape index (κ2) is 4.20. The second-order valence-corrected chi connectivity index (χ2v) is 4.52. The Kier molecular flexibility index (Phi) is 2.68. The molecule has 1 aromatic carbocycles. The minimum atomic E-state index is -0.0969. The number of hydrogen-bond acceptors (Lipinski definition) is 4. The number of ether oxygens (including phenoxy) is 3. The van der Waals surface area contributed by atoms with E-state index >= 15 is 0 Å². The van der Waals surface area contributed by atoms with Gasteiger partial charge in [0, 0.05) is 18.5 Å². The van der Waals surface area contributed by atoms with Gasteiger partial charge in [-0.1, -0.05) is 0 Å². The third-order valence-corrected chi connectivity index (χ3v) is 3.55. The van der Waals surface area contributed by atoms with Crippen LogP contribution in [0.15, 0.2) is 18.2 Å². The summed E-state index contributed by atoms with van der Waals surface area (Å²) in [6.45, 7) is 3.10. The zero-order chi connectivity index (χ0) is 11.7. The molecule has 2 heterocycles. The van der Waals surface area contributed by atoms with Gasteiger partial charge in [0.05, 0.1) is 32.5 Å². The van der Waals surface area contributed by atoms with E-state index in [4.69, 9.17) is 14.2 Å². The lowest BCUT2D eigenvalue weighted by Crippen LogP contribution is -2.54. The van der Waals surface area contributed by atoms with Crippen LogP contribution in [0.5, 0.6) is 11.5 Å². The predicted octanol–water partition coefficient (Wildman–Crippen LogP) is 1.29. The first-order valence-electron chi connectivity index (χ1n) is 5.98. The smallest absolute Gasteiger partial charge is 0.124 e. The fourth-order valence-corrected chi connectivity index (χ4v) is 2.60. The Morgan fingerprint density at radius 3 is 3.06 bits per heavy atom.